The van der Waals surface area contributed by atoms with Crippen LogP contribution in [0.5, 0.6) is 0 Å². The number of aliphatic carboxylic acids is 1. The predicted molar refractivity (Wildman–Crippen MR) is 84.6 cm³/mol. The van der Waals surface area contributed by atoms with Crippen LogP contribution in [0.3, 0.4) is 0 Å². The number of hydrogen-bond donors (Lipinski definition) is 2. The number of hydrogen-bond acceptors (Lipinski definition) is 4. The summed E-state index contributed by atoms with van der Waals surface area (Å²) in [5.74, 6) is 0.0373. The van der Waals surface area contributed by atoms with Crippen molar-refractivity contribution in [1.29, 1.82) is 0 Å². The first-order chi connectivity index (χ1) is 10.6. The van der Waals surface area contributed by atoms with Crippen molar-refractivity contribution in [3.63, 3.8) is 0 Å². The van der Waals surface area contributed by atoms with Crippen LogP contribution in [0.4, 0.5) is 0 Å². The number of carbonyl (C=O) groups is 1. The van der Waals surface area contributed by atoms with Gasteiger partial charge >= 0.3 is 5.97 Å². The molecule has 0 atom stereocenters. The van der Waals surface area contributed by atoms with E-state index in [1.54, 1.807) is 0 Å². The van der Waals surface area contributed by atoms with Crippen molar-refractivity contribution < 1.29 is 9.90 Å². The normalized spacial score (nSPS) is 24.3. The summed E-state index contributed by atoms with van der Waals surface area (Å²) >= 11 is 0. The molecule has 0 bridgehead atoms. The quantitative estimate of drug-likeness (QED) is 0.767. The Morgan fingerprint density at radius 1 is 1.45 bits per heavy atom. The van der Waals surface area contributed by atoms with Crippen molar-refractivity contribution >= 4 is 5.97 Å². The highest BCUT2D eigenvalue weighted by molar-refractivity contribution is 5.69. The minimum atomic E-state index is -0.704. The van der Waals surface area contributed by atoms with E-state index < -0.39 is 5.97 Å². The molecule has 0 spiro atoms. The summed E-state index contributed by atoms with van der Waals surface area (Å²) in [5.41, 5.74) is 2.51. The summed E-state index contributed by atoms with van der Waals surface area (Å²) in [6, 6.07) is 3.00. The number of carboxylic acid groups (broad SMARTS) is 1. The Morgan fingerprint density at radius 3 is 2.86 bits per heavy atom. The van der Waals surface area contributed by atoms with Gasteiger partial charge in [-0.05, 0) is 55.7 Å². The molecule has 0 unspecified atom stereocenters. The molecule has 0 amide bonds. The van der Waals surface area contributed by atoms with Crippen molar-refractivity contribution in [3.05, 3.63) is 29.6 Å². The van der Waals surface area contributed by atoms with Gasteiger partial charge in [0, 0.05) is 37.6 Å². The lowest BCUT2D eigenvalue weighted by Gasteiger charge is -2.43. The SMILES string of the molecule is Cc1cnccc1CNC1CC(N(CC(=O)O)CC2CC2)C1. The summed E-state index contributed by atoms with van der Waals surface area (Å²) in [4.78, 5) is 17.3. The maximum atomic E-state index is 11.0. The number of aromatic nitrogens is 1. The van der Waals surface area contributed by atoms with E-state index in [2.05, 4.69) is 28.2 Å². The van der Waals surface area contributed by atoms with Gasteiger partial charge in [0.05, 0.1) is 6.54 Å². The molecule has 5 nitrogen and oxygen atoms in total. The predicted octanol–water partition coefficient (Wildman–Crippen LogP) is 1.81. The maximum absolute atomic E-state index is 11.0. The number of pyridine rings is 1. The summed E-state index contributed by atoms with van der Waals surface area (Å²) in [6.07, 6.45) is 8.38. The second-order valence-electron chi connectivity index (χ2n) is 6.77. The zero-order valence-corrected chi connectivity index (χ0v) is 13.2. The molecular formula is C17H25N3O2. The van der Waals surface area contributed by atoms with Crippen LogP contribution in [0.1, 0.15) is 36.8 Å². The molecule has 0 aliphatic heterocycles. The average Bonchev–Trinajstić information content (AvgIpc) is 3.22. The van der Waals surface area contributed by atoms with E-state index in [-0.39, 0.29) is 6.54 Å². The van der Waals surface area contributed by atoms with Gasteiger partial charge in [-0.3, -0.25) is 14.7 Å². The van der Waals surface area contributed by atoms with Gasteiger partial charge in [-0.15, -0.1) is 0 Å². The Balaban J connectivity index is 1.44. The molecule has 1 heterocycles. The van der Waals surface area contributed by atoms with E-state index in [4.69, 9.17) is 5.11 Å². The first kappa shape index (κ1) is 15.4. The highest BCUT2D eigenvalue weighted by Crippen LogP contribution is 2.33. The van der Waals surface area contributed by atoms with Gasteiger partial charge in [0.15, 0.2) is 0 Å². The fourth-order valence-electron chi connectivity index (χ4n) is 3.16. The molecule has 22 heavy (non-hydrogen) atoms. The average molecular weight is 303 g/mol. The third kappa shape index (κ3) is 4.05. The van der Waals surface area contributed by atoms with Gasteiger partial charge in [-0.25, -0.2) is 0 Å². The van der Waals surface area contributed by atoms with Crippen LogP contribution >= 0.6 is 0 Å². The zero-order valence-electron chi connectivity index (χ0n) is 13.2. The fraction of sp³-hybridized carbons (Fsp3) is 0.647. The van der Waals surface area contributed by atoms with Crippen LogP contribution in [-0.4, -0.2) is 46.1 Å². The van der Waals surface area contributed by atoms with Crippen LogP contribution in [0.15, 0.2) is 18.5 Å². The lowest BCUT2D eigenvalue weighted by atomic mass is 9.85. The molecule has 2 saturated carbocycles. The fourth-order valence-corrected chi connectivity index (χ4v) is 3.16. The Bertz CT molecular complexity index is 524. The van der Waals surface area contributed by atoms with Crippen molar-refractivity contribution in [1.82, 2.24) is 15.2 Å². The summed E-state index contributed by atoms with van der Waals surface area (Å²) in [6.45, 7) is 4.11. The Hall–Kier alpha value is -1.46. The summed E-state index contributed by atoms with van der Waals surface area (Å²) < 4.78 is 0. The Labute approximate surface area is 131 Å². The van der Waals surface area contributed by atoms with Gasteiger partial charge in [-0.1, -0.05) is 0 Å². The molecule has 0 saturated heterocycles. The van der Waals surface area contributed by atoms with Crippen molar-refractivity contribution in [2.24, 2.45) is 5.92 Å². The molecule has 3 rings (SSSR count). The van der Waals surface area contributed by atoms with Gasteiger partial charge in [0.1, 0.15) is 0 Å². The lowest BCUT2D eigenvalue weighted by molar-refractivity contribution is -0.139. The Kier molecular flexibility index (Phi) is 4.74. The third-order valence-electron chi connectivity index (χ3n) is 4.88. The van der Waals surface area contributed by atoms with Crippen molar-refractivity contribution in [2.45, 2.75) is 51.2 Å². The van der Waals surface area contributed by atoms with E-state index in [0.717, 1.165) is 31.8 Å². The molecule has 2 N–H and O–H groups in total. The van der Waals surface area contributed by atoms with E-state index in [1.807, 2.05) is 12.4 Å². The molecule has 1 aromatic heterocycles. The monoisotopic (exact) mass is 303 g/mol. The van der Waals surface area contributed by atoms with Gasteiger partial charge in [0.25, 0.3) is 0 Å². The number of nitrogens with zero attached hydrogens (tertiary/aromatic N) is 2. The summed E-state index contributed by atoms with van der Waals surface area (Å²) in [5, 5.41) is 12.7. The zero-order chi connectivity index (χ0) is 15.5. The molecule has 0 aromatic carbocycles. The first-order valence-electron chi connectivity index (χ1n) is 8.20. The van der Waals surface area contributed by atoms with Crippen molar-refractivity contribution in [2.75, 3.05) is 13.1 Å². The molecule has 5 heteroatoms. The minimum Gasteiger partial charge on any atom is -0.480 e. The molecule has 2 aliphatic rings. The molecule has 1 aromatic rings. The largest absolute Gasteiger partial charge is 0.480 e. The smallest absolute Gasteiger partial charge is 0.317 e. The highest BCUT2D eigenvalue weighted by atomic mass is 16.4. The highest BCUT2D eigenvalue weighted by Gasteiger charge is 2.36. The van der Waals surface area contributed by atoms with Crippen molar-refractivity contribution in [3.8, 4) is 0 Å². The van der Waals surface area contributed by atoms with Gasteiger partial charge < -0.3 is 10.4 Å². The van der Waals surface area contributed by atoms with Crippen LogP contribution in [-0.2, 0) is 11.3 Å². The van der Waals surface area contributed by atoms with Crippen LogP contribution in [0.25, 0.3) is 0 Å². The third-order valence-corrected chi connectivity index (χ3v) is 4.88. The lowest BCUT2D eigenvalue weighted by Crippen LogP contribution is -2.54. The molecule has 2 aliphatic carbocycles. The molecule has 120 valence electrons. The standard InChI is InChI=1S/C17H25N3O2/c1-12-8-18-5-4-14(12)9-19-15-6-16(7-15)20(11-17(21)22)10-13-2-3-13/h4-5,8,13,15-16,19H,2-3,6-7,9-11H2,1H3,(H,21,22). The molecule has 2 fully saturated rings. The van der Waals surface area contributed by atoms with Gasteiger partial charge in [-0.2, -0.15) is 0 Å². The molecular weight excluding hydrogens is 278 g/mol. The second-order valence-corrected chi connectivity index (χ2v) is 6.77. The number of aryl methyl sites for hydroxylation is 1. The first-order valence-corrected chi connectivity index (χ1v) is 8.20. The number of carboxylic acids is 1. The van der Waals surface area contributed by atoms with E-state index in [0.29, 0.717) is 12.1 Å². The molecule has 0 radical (unpaired) electrons. The summed E-state index contributed by atoms with van der Waals surface area (Å²) in [7, 11) is 0. The van der Waals surface area contributed by atoms with Crippen LogP contribution in [0.2, 0.25) is 0 Å². The van der Waals surface area contributed by atoms with E-state index in [1.165, 1.54) is 24.0 Å². The number of rotatable bonds is 8. The Morgan fingerprint density at radius 2 is 2.23 bits per heavy atom. The van der Waals surface area contributed by atoms with E-state index in [9.17, 15) is 4.79 Å². The van der Waals surface area contributed by atoms with Gasteiger partial charge in [0.2, 0.25) is 0 Å². The topological polar surface area (TPSA) is 65.5 Å². The second kappa shape index (κ2) is 6.75. The van der Waals surface area contributed by atoms with Crippen LogP contribution in [0, 0.1) is 12.8 Å². The van der Waals surface area contributed by atoms with E-state index >= 15 is 0 Å². The minimum absolute atomic E-state index is 0.192. The number of nitrogens with one attached hydrogen (secondary N) is 1. The maximum Gasteiger partial charge on any atom is 0.317 e. The van der Waals surface area contributed by atoms with Crippen LogP contribution < -0.4 is 5.32 Å².